The van der Waals surface area contributed by atoms with Gasteiger partial charge < -0.3 is 10.4 Å². The van der Waals surface area contributed by atoms with Gasteiger partial charge in [0.15, 0.2) is 5.03 Å². The quantitative estimate of drug-likeness (QED) is 0.784. The molecule has 0 saturated carbocycles. The Kier molecular flexibility index (Phi) is 5.51. The zero-order valence-electron chi connectivity index (χ0n) is 12.2. The van der Waals surface area contributed by atoms with Gasteiger partial charge in [0.1, 0.15) is 0 Å². The van der Waals surface area contributed by atoms with Crippen LogP contribution in [0, 0.1) is 0 Å². The second-order valence-corrected chi connectivity index (χ2v) is 6.78. The molecule has 1 saturated heterocycles. The van der Waals surface area contributed by atoms with Crippen molar-refractivity contribution < 1.29 is 13.5 Å². The number of pyridine rings is 1. The van der Waals surface area contributed by atoms with E-state index in [1.54, 1.807) is 19.2 Å². The predicted octanol–water partition coefficient (Wildman–Crippen LogP) is -0.188. The Balaban J connectivity index is 2.19. The number of hydrogen-bond donors (Lipinski definition) is 2. The first-order valence-corrected chi connectivity index (χ1v) is 8.49. The Morgan fingerprint density at radius 1 is 1.33 bits per heavy atom. The zero-order chi connectivity index (χ0) is 15.3. The number of sulfonamides is 1. The fraction of sp³-hybridized carbons (Fsp3) is 0.615. The van der Waals surface area contributed by atoms with E-state index < -0.39 is 10.0 Å². The van der Waals surface area contributed by atoms with E-state index in [1.165, 1.54) is 10.5 Å². The molecule has 0 unspecified atom stereocenters. The lowest BCUT2D eigenvalue weighted by atomic mass is 10.4. The molecule has 0 amide bonds. The molecular formula is C13H22N4O3S. The summed E-state index contributed by atoms with van der Waals surface area (Å²) < 4.78 is 27.0. The van der Waals surface area contributed by atoms with E-state index in [0.717, 1.165) is 13.0 Å². The van der Waals surface area contributed by atoms with Gasteiger partial charge >= 0.3 is 0 Å². The van der Waals surface area contributed by atoms with Crippen molar-refractivity contribution in [2.75, 3.05) is 51.7 Å². The second kappa shape index (κ2) is 7.17. The predicted molar refractivity (Wildman–Crippen MR) is 80.7 cm³/mol. The molecule has 1 aromatic rings. The van der Waals surface area contributed by atoms with Gasteiger partial charge in [0.2, 0.25) is 0 Å². The molecule has 1 aromatic heterocycles. The van der Waals surface area contributed by atoms with E-state index in [9.17, 15) is 8.42 Å². The van der Waals surface area contributed by atoms with E-state index in [1.807, 2.05) is 0 Å². The Bertz CT molecular complexity index is 564. The van der Waals surface area contributed by atoms with Crippen LogP contribution in [0.4, 0.5) is 5.69 Å². The summed E-state index contributed by atoms with van der Waals surface area (Å²) in [4.78, 5) is 6.11. The number of aliphatic hydroxyl groups excluding tert-OH is 1. The molecule has 0 spiro atoms. The normalized spacial score (nSPS) is 18.4. The molecule has 2 heterocycles. The van der Waals surface area contributed by atoms with Gasteiger partial charge in [0.05, 0.1) is 12.3 Å². The number of rotatable bonds is 5. The molecule has 2 N–H and O–H groups in total. The highest BCUT2D eigenvalue weighted by atomic mass is 32.2. The summed E-state index contributed by atoms with van der Waals surface area (Å²) in [5.74, 6) is 0. The molecule has 0 aromatic carbocycles. The van der Waals surface area contributed by atoms with Gasteiger partial charge in [0.25, 0.3) is 10.0 Å². The topological polar surface area (TPSA) is 85.8 Å². The summed E-state index contributed by atoms with van der Waals surface area (Å²) in [5.41, 5.74) is 0.508. The van der Waals surface area contributed by atoms with Gasteiger partial charge in [-0.1, -0.05) is 0 Å². The molecular weight excluding hydrogens is 292 g/mol. The highest BCUT2D eigenvalue weighted by molar-refractivity contribution is 7.89. The third-order valence-electron chi connectivity index (χ3n) is 3.59. The molecule has 1 fully saturated rings. The van der Waals surface area contributed by atoms with Crippen LogP contribution < -0.4 is 5.32 Å². The molecule has 21 heavy (non-hydrogen) atoms. The third-order valence-corrected chi connectivity index (χ3v) is 5.45. The Morgan fingerprint density at radius 3 is 2.86 bits per heavy atom. The van der Waals surface area contributed by atoms with Crippen molar-refractivity contribution in [3.05, 3.63) is 18.3 Å². The molecule has 118 valence electrons. The lowest BCUT2D eigenvalue weighted by Crippen LogP contribution is -2.36. The van der Waals surface area contributed by atoms with Crippen molar-refractivity contribution in [1.82, 2.24) is 14.2 Å². The van der Waals surface area contributed by atoms with Crippen molar-refractivity contribution in [3.63, 3.8) is 0 Å². The number of anilines is 1. The number of nitrogens with one attached hydrogen (secondary N) is 1. The molecule has 1 aliphatic rings. The van der Waals surface area contributed by atoms with Crippen molar-refractivity contribution in [2.45, 2.75) is 11.4 Å². The summed E-state index contributed by atoms with van der Waals surface area (Å²) in [7, 11) is -1.91. The maximum atomic E-state index is 12.7. The van der Waals surface area contributed by atoms with Crippen molar-refractivity contribution in [2.24, 2.45) is 0 Å². The number of aliphatic hydroxyl groups is 1. The van der Waals surface area contributed by atoms with Gasteiger partial charge in [-0.15, -0.1) is 0 Å². The number of aromatic nitrogens is 1. The van der Waals surface area contributed by atoms with Crippen LogP contribution in [0.1, 0.15) is 6.42 Å². The van der Waals surface area contributed by atoms with Crippen LogP contribution in [0.3, 0.4) is 0 Å². The maximum absolute atomic E-state index is 12.7. The molecule has 0 bridgehead atoms. The molecule has 2 rings (SSSR count). The average Bonchev–Trinajstić information content (AvgIpc) is 2.74. The standard InChI is InChI=1S/C13H22N4O3S/c1-14-12-4-2-5-15-13(12)21(19,20)17-7-3-6-16(8-9-17)10-11-18/h2,4-5,14,18H,3,6-11H2,1H3. The summed E-state index contributed by atoms with van der Waals surface area (Å²) >= 11 is 0. The smallest absolute Gasteiger partial charge is 0.262 e. The number of hydrogen-bond acceptors (Lipinski definition) is 6. The molecule has 0 aliphatic carbocycles. The average molecular weight is 314 g/mol. The van der Waals surface area contributed by atoms with Gasteiger partial charge in [-0.3, -0.25) is 4.90 Å². The minimum absolute atomic E-state index is 0.0723. The van der Waals surface area contributed by atoms with Crippen molar-refractivity contribution >= 4 is 15.7 Å². The lowest BCUT2D eigenvalue weighted by Gasteiger charge is -2.21. The van der Waals surface area contributed by atoms with Crippen LogP contribution in [0.25, 0.3) is 0 Å². The summed E-state index contributed by atoms with van der Waals surface area (Å²) in [6.07, 6.45) is 2.24. The molecule has 0 atom stereocenters. The van der Waals surface area contributed by atoms with Gasteiger partial charge in [-0.05, 0) is 25.1 Å². The van der Waals surface area contributed by atoms with E-state index in [2.05, 4.69) is 15.2 Å². The number of β-amino-alcohol motifs (C(OH)–C–C–N with tert-alkyl or cyclic N) is 1. The minimum atomic E-state index is -3.60. The lowest BCUT2D eigenvalue weighted by molar-refractivity contribution is 0.202. The maximum Gasteiger partial charge on any atom is 0.262 e. The molecule has 8 heteroatoms. The van der Waals surface area contributed by atoms with Crippen molar-refractivity contribution in [3.8, 4) is 0 Å². The SMILES string of the molecule is CNc1cccnc1S(=O)(=O)N1CCCN(CCO)CC1. The Labute approximate surface area is 125 Å². The third kappa shape index (κ3) is 3.70. The summed E-state index contributed by atoms with van der Waals surface area (Å²) in [6.45, 7) is 3.00. The molecule has 0 radical (unpaired) electrons. The van der Waals surface area contributed by atoms with E-state index in [-0.39, 0.29) is 11.6 Å². The van der Waals surface area contributed by atoms with E-state index in [4.69, 9.17) is 5.11 Å². The van der Waals surface area contributed by atoms with E-state index in [0.29, 0.717) is 31.9 Å². The van der Waals surface area contributed by atoms with Gasteiger partial charge in [-0.25, -0.2) is 13.4 Å². The summed E-state index contributed by atoms with van der Waals surface area (Å²) in [6, 6.07) is 3.41. The zero-order valence-corrected chi connectivity index (χ0v) is 13.0. The largest absolute Gasteiger partial charge is 0.395 e. The van der Waals surface area contributed by atoms with E-state index >= 15 is 0 Å². The Hall–Kier alpha value is -1.22. The van der Waals surface area contributed by atoms with Crippen LogP contribution in [0.2, 0.25) is 0 Å². The van der Waals surface area contributed by atoms with Crippen LogP contribution in [0.15, 0.2) is 23.4 Å². The van der Waals surface area contributed by atoms with Gasteiger partial charge in [-0.2, -0.15) is 4.31 Å². The van der Waals surface area contributed by atoms with Crippen LogP contribution >= 0.6 is 0 Å². The summed E-state index contributed by atoms with van der Waals surface area (Å²) in [5, 5.41) is 11.9. The number of nitrogens with zero attached hydrogens (tertiary/aromatic N) is 3. The van der Waals surface area contributed by atoms with Crippen LogP contribution in [0.5, 0.6) is 0 Å². The second-order valence-electron chi connectivity index (χ2n) is 4.93. The fourth-order valence-corrected chi connectivity index (χ4v) is 4.04. The van der Waals surface area contributed by atoms with Crippen molar-refractivity contribution in [1.29, 1.82) is 0 Å². The van der Waals surface area contributed by atoms with Crippen LogP contribution in [-0.4, -0.2) is 74.1 Å². The van der Waals surface area contributed by atoms with Gasteiger partial charge in [0, 0.05) is 39.4 Å². The Morgan fingerprint density at radius 2 is 2.14 bits per heavy atom. The molecule has 7 nitrogen and oxygen atoms in total. The first-order valence-electron chi connectivity index (χ1n) is 7.05. The minimum Gasteiger partial charge on any atom is -0.395 e. The highest BCUT2D eigenvalue weighted by Crippen LogP contribution is 2.22. The molecule has 1 aliphatic heterocycles. The fourth-order valence-electron chi connectivity index (χ4n) is 2.46. The first-order chi connectivity index (χ1) is 10.1. The first kappa shape index (κ1) is 16.2. The monoisotopic (exact) mass is 314 g/mol. The van der Waals surface area contributed by atoms with Crippen LogP contribution in [-0.2, 0) is 10.0 Å². The highest BCUT2D eigenvalue weighted by Gasteiger charge is 2.29.